The van der Waals surface area contributed by atoms with Crippen LogP contribution in [-0.4, -0.2) is 4.98 Å². The van der Waals surface area contributed by atoms with E-state index < -0.39 is 0 Å². The molecule has 3 heteroatoms. The topological polar surface area (TPSA) is 38.9 Å². The molecule has 0 saturated heterocycles. The van der Waals surface area contributed by atoms with Gasteiger partial charge in [-0.25, -0.2) is 4.98 Å². The molecule has 1 unspecified atom stereocenters. The number of hydrogen-bond acceptors (Lipinski definition) is 3. The summed E-state index contributed by atoms with van der Waals surface area (Å²) >= 11 is 1.81. The summed E-state index contributed by atoms with van der Waals surface area (Å²) in [6.07, 6.45) is 3.58. The minimum absolute atomic E-state index is 0.0914. The molecule has 1 heterocycles. The van der Waals surface area contributed by atoms with E-state index in [4.69, 9.17) is 5.73 Å². The van der Waals surface area contributed by atoms with Crippen LogP contribution in [0.25, 0.3) is 0 Å². The van der Waals surface area contributed by atoms with Crippen LogP contribution in [-0.2, 0) is 12.8 Å². The third-order valence-electron chi connectivity index (χ3n) is 2.86. The van der Waals surface area contributed by atoms with Gasteiger partial charge in [0.2, 0.25) is 0 Å². The number of nitrogens with two attached hydrogens (primary N) is 1. The molecule has 2 N–H and O–H groups in total. The summed E-state index contributed by atoms with van der Waals surface area (Å²) in [5.41, 5.74) is 7.57. The van der Waals surface area contributed by atoms with E-state index in [9.17, 15) is 0 Å². The second-order valence-corrected chi connectivity index (χ2v) is 6.17. The van der Waals surface area contributed by atoms with Gasteiger partial charge in [0.05, 0.1) is 11.7 Å². The van der Waals surface area contributed by atoms with Crippen LogP contribution in [0, 0.1) is 5.41 Å². The highest BCUT2D eigenvalue weighted by Gasteiger charge is 2.28. The van der Waals surface area contributed by atoms with Crippen molar-refractivity contribution >= 4 is 11.3 Å². The van der Waals surface area contributed by atoms with Crippen molar-refractivity contribution in [1.29, 1.82) is 0 Å². The van der Waals surface area contributed by atoms with E-state index in [0.29, 0.717) is 5.41 Å². The lowest BCUT2D eigenvalue weighted by Crippen LogP contribution is -2.21. The molecule has 0 spiro atoms. The van der Waals surface area contributed by atoms with Gasteiger partial charge in [-0.3, -0.25) is 0 Å². The molecule has 1 aliphatic rings. The smallest absolute Gasteiger partial charge is 0.110 e. The average Bonchev–Trinajstić information content (AvgIpc) is 2.45. The summed E-state index contributed by atoms with van der Waals surface area (Å²) in [5.74, 6) is 0. The first kappa shape index (κ1) is 10.1. The quantitative estimate of drug-likeness (QED) is 0.774. The number of fused-ring (bicyclic) bond motifs is 1. The molecule has 0 fully saturated rings. The van der Waals surface area contributed by atoms with E-state index in [1.165, 1.54) is 23.4 Å². The highest BCUT2D eigenvalue weighted by Crippen LogP contribution is 2.37. The maximum absolute atomic E-state index is 5.84. The summed E-state index contributed by atoms with van der Waals surface area (Å²) in [4.78, 5) is 6.11. The van der Waals surface area contributed by atoms with Gasteiger partial charge in [-0.15, -0.1) is 11.3 Å². The Morgan fingerprint density at radius 3 is 2.86 bits per heavy atom. The molecule has 0 bridgehead atoms. The minimum atomic E-state index is 0.0914. The van der Waals surface area contributed by atoms with Gasteiger partial charge >= 0.3 is 0 Å². The van der Waals surface area contributed by atoms with Crippen LogP contribution < -0.4 is 5.73 Å². The van der Waals surface area contributed by atoms with E-state index in [-0.39, 0.29) is 6.04 Å². The summed E-state index contributed by atoms with van der Waals surface area (Å²) in [6, 6.07) is 0.0914. The van der Waals surface area contributed by atoms with Crippen molar-refractivity contribution in [3.8, 4) is 0 Å². The molecular weight excluding hydrogens is 192 g/mol. The van der Waals surface area contributed by atoms with Gasteiger partial charge < -0.3 is 5.73 Å². The molecule has 14 heavy (non-hydrogen) atoms. The Labute approximate surface area is 89.5 Å². The predicted octanol–water partition coefficient (Wildman–Crippen LogP) is 2.68. The van der Waals surface area contributed by atoms with E-state index in [1.54, 1.807) is 0 Å². The molecule has 1 aliphatic carbocycles. The molecule has 0 amide bonds. The highest BCUT2D eigenvalue weighted by molar-refractivity contribution is 7.11. The molecule has 0 aliphatic heterocycles. The van der Waals surface area contributed by atoms with E-state index >= 15 is 0 Å². The van der Waals surface area contributed by atoms with Gasteiger partial charge in [0.25, 0.3) is 0 Å². The zero-order chi connectivity index (χ0) is 10.3. The van der Waals surface area contributed by atoms with Crippen molar-refractivity contribution in [2.75, 3.05) is 0 Å². The first-order valence-electron chi connectivity index (χ1n) is 5.22. The molecule has 0 aromatic carbocycles. The predicted molar refractivity (Wildman–Crippen MR) is 60.5 cm³/mol. The van der Waals surface area contributed by atoms with Crippen LogP contribution >= 0.6 is 11.3 Å². The number of thiazole rings is 1. The molecule has 1 aromatic heterocycles. The summed E-state index contributed by atoms with van der Waals surface area (Å²) in [5, 5.41) is 1.10. The van der Waals surface area contributed by atoms with Gasteiger partial charge in [-0.05, 0) is 31.6 Å². The largest absolute Gasteiger partial charge is 0.322 e. The van der Waals surface area contributed by atoms with Crippen LogP contribution in [0.5, 0.6) is 0 Å². The Bertz CT molecular complexity index is 339. The van der Waals surface area contributed by atoms with Crippen molar-refractivity contribution in [1.82, 2.24) is 4.98 Å². The van der Waals surface area contributed by atoms with Crippen LogP contribution in [0.4, 0.5) is 0 Å². The van der Waals surface area contributed by atoms with Gasteiger partial charge in [-0.1, -0.05) is 13.8 Å². The van der Waals surface area contributed by atoms with Crippen molar-refractivity contribution in [3.63, 3.8) is 0 Å². The third-order valence-corrected chi connectivity index (χ3v) is 4.22. The number of aryl methyl sites for hydroxylation is 1. The van der Waals surface area contributed by atoms with Crippen molar-refractivity contribution < 1.29 is 0 Å². The maximum atomic E-state index is 5.84. The lowest BCUT2D eigenvalue weighted by Gasteiger charge is -2.28. The lowest BCUT2D eigenvalue weighted by atomic mass is 9.79. The lowest BCUT2D eigenvalue weighted by molar-refractivity contribution is 0.313. The molecule has 78 valence electrons. The fourth-order valence-electron chi connectivity index (χ4n) is 1.93. The fraction of sp³-hybridized carbons (Fsp3) is 0.727. The van der Waals surface area contributed by atoms with Crippen molar-refractivity contribution in [2.24, 2.45) is 11.1 Å². The normalized spacial score (nSPS) is 21.7. The summed E-state index contributed by atoms with van der Waals surface area (Å²) in [6.45, 7) is 6.65. The third kappa shape index (κ3) is 1.84. The Morgan fingerprint density at radius 2 is 2.21 bits per heavy atom. The standard InChI is InChI=1S/C11H18N2S/c1-7(12)10-13-8-6-11(2,3)5-4-9(8)14-10/h7H,4-6,12H2,1-3H3. The van der Waals surface area contributed by atoms with Crippen LogP contribution in [0.3, 0.4) is 0 Å². The molecule has 0 saturated carbocycles. The monoisotopic (exact) mass is 210 g/mol. The Balaban J connectivity index is 2.30. The van der Waals surface area contributed by atoms with Crippen molar-refractivity contribution in [2.45, 2.75) is 46.1 Å². The minimum Gasteiger partial charge on any atom is -0.322 e. The fourth-order valence-corrected chi connectivity index (χ4v) is 2.96. The first-order valence-corrected chi connectivity index (χ1v) is 6.04. The summed E-state index contributed by atoms with van der Waals surface area (Å²) in [7, 11) is 0. The highest BCUT2D eigenvalue weighted by atomic mass is 32.1. The Kier molecular flexibility index (Phi) is 2.40. The van der Waals surface area contributed by atoms with E-state index in [2.05, 4.69) is 18.8 Å². The van der Waals surface area contributed by atoms with Gasteiger partial charge in [-0.2, -0.15) is 0 Å². The zero-order valence-corrected chi connectivity index (χ0v) is 9.95. The summed E-state index contributed by atoms with van der Waals surface area (Å²) < 4.78 is 0. The molecule has 1 aromatic rings. The first-order chi connectivity index (χ1) is 6.48. The average molecular weight is 210 g/mol. The van der Waals surface area contributed by atoms with Crippen LogP contribution in [0.1, 0.15) is 48.8 Å². The maximum Gasteiger partial charge on any atom is 0.110 e. The van der Waals surface area contributed by atoms with Gasteiger partial charge in [0.1, 0.15) is 5.01 Å². The van der Waals surface area contributed by atoms with E-state index in [0.717, 1.165) is 11.4 Å². The van der Waals surface area contributed by atoms with Crippen LogP contribution in [0.15, 0.2) is 0 Å². The van der Waals surface area contributed by atoms with E-state index in [1.807, 2.05) is 18.3 Å². The second-order valence-electron chi connectivity index (χ2n) is 5.05. The molecule has 2 rings (SSSR count). The van der Waals surface area contributed by atoms with Gasteiger partial charge in [0, 0.05) is 4.88 Å². The zero-order valence-electron chi connectivity index (χ0n) is 9.13. The van der Waals surface area contributed by atoms with Crippen LogP contribution in [0.2, 0.25) is 0 Å². The number of rotatable bonds is 1. The SMILES string of the molecule is CC(N)c1nc2c(s1)CCC(C)(C)C2. The molecule has 0 radical (unpaired) electrons. The molecular formula is C11H18N2S. The molecule has 2 nitrogen and oxygen atoms in total. The second kappa shape index (κ2) is 3.31. The van der Waals surface area contributed by atoms with Crippen molar-refractivity contribution in [3.05, 3.63) is 15.6 Å². The molecule has 1 atom stereocenters. The Morgan fingerprint density at radius 1 is 1.50 bits per heavy atom. The number of aromatic nitrogens is 1. The van der Waals surface area contributed by atoms with Gasteiger partial charge in [0.15, 0.2) is 0 Å². The number of hydrogen-bond donors (Lipinski definition) is 1. The number of nitrogens with zero attached hydrogens (tertiary/aromatic N) is 1. The Hall–Kier alpha value is -0.410.